The van der Waals surface area contributed by atoms with Crippen molar-refractivity contribution in [3.8, 4) is 5.75 Å². The Bertz CT molecular complexity index is 956. The van der Waals surface area contributed by atoms with Crippen LogP contribution in [-0.2, 0) is 0 Å². The van der Waals surface area contributed by atoms with Crippen molar-refractivity contribution in [2.45, 2.75) is 19.9 Å². The molecule has 0 heterocycles. The lowest BCUT2D eigenvalue weighted by atomic mass is 10.1. The summed E-state index contributed by atoms with van der Waals surface area (Å²) in [5.41, 5.74) is 3.49. The second kappa shape index (κ2) is 9.15. The highest BCUT2D eigenvalue weighted by Crippen LogP contribution is 2.17. The first-order valence-electron chi connectivity index (χ1n) is 9.02. The van der Waals surface area contributed by atoms with Gasteiger partial charge in [0.2, 0.25) is 0 Å². The SMILES string of the molecule is Cc1ccc(NC(=O)c2cccc(OC(=S)NC(C)c3ccccc3)c2)cc1. The fraction of sp³-hybridized carbons (Fsp3) is 0.130. The van der Waals surface area contributed by atoms with Crippen molar-refractivity contribution in [1.82, 2.24) is 5.32 Å². The summed E-state index contributed by atoms with van der Waals surface area (Å²) in [6.45, 7) is 4.01. The first kappa shape index (κ1) is 19.6. The van der Waals surface area contributed by atoms with E-state index >= 15 is 0 Å². The van der Waals surface area contributed by atoms with Gasteiger partial charge in [0.15, 0.2) is 0 Å². The Hall–Kier alpha value is -3.18. The van der Waals surface area contributed by atoms with E-state index in [1.165, 1.54) is 0 Å². The highest BCUT2D eigenvalue weighted by Gasteiger charge is 2.11. The highest BCUT2D eigenvalue weighted by molar-refractivity contribution is 7.80. The molecule has 0 saturated heterocycles. The predicted molar refractivity (Wildman–Crippen MR) is 117 cm³/mol. The number of rotatable bonds is 5. The third kappa shape index (κ3) is 5.41. The molecule has 0 radical (unpaired) electrons. The van der Waals surface area contributed by atoms with Crippen LogP contribution < -0.4 is 15.4 Å². The Kier molecular flexibility index (Phi) is 6.40. The molecule has 0 aliphatic heterocycles. The molecule has 142 valence electrons. The van der Waals surface area contributed by atoms with Crippen molar-refractivity contribution in [3.63, 3.8) is 0 Å². The topological polar surface area (TPSA) is 50.4 Å². The normalized spacial score (nSPS) is 11.4. The van der Waals surface area contributed by atoms with Gasteiger partial charge < -0.3 is 15.4 Å². The van der Waals surface area contributed by atoms with Gasteiger partial charge in [-0.25, -0.2) is 0 Å². The van der Waals surface area contributed by atoms with E-state index in [1.807, 2.05) is 68.4 Å². The molecule has 0 aromatic heterocycles. The van der Waals surface area contributed by atoms with E-state index in [-0.39, 0.29) is 17.1 Å². The van der Waals surface area contributed by atoms with Crippen molar-refractivity contribution in [3.05, 3.63) is 95.6 Å². The zero-order valence-corrected chi connectivity index (χ0v) is 16.6. The third-order valence-corrected chi connectivity index (χ3v) is 4.45. The van der Waals surface area contributed by atoms with Crippen LogP contribution in [0.2, 0.25) is 0 Å². The standard InChI is InChI=1S/C23H22N2O2S/c1-16-11-13-20(14-12-16)25-22(26)19-9-6-10-21(15-19)27-23(28)24-17(2)18-7-4-3-5-8-18/h3-15,17H,1-2H3,(H,24,28)(H,25,26). The van der Waals surface area contributed by atoms with Gasteiger partial charge in [-0.15, -0.1) is 0 Å². The summed E-state index contributed by atoms with van der Waals surface area (Å²) in [5, 5.41) is 6.28. The molecule has 0 bridgehead atoms. The third-order valence-electron chi connectivity index (χ3n) is 4.25. The molecule has 1 unspecified atom stereocenters. The summed E-state index contributed by atoms with van der Waals surface area (Å²) in [7, 11) is 0. The van der Waals surface area contributed by atoms with Gasteiger partial charge in [0.1, 0.15) is 5.75 Å². The summed E-state index contributed by atoms with van der Waals surface area (Å²) < 4.78 is 5.70. The number of hydrogen-bond acceptors (Lipinski definition) is 3. The summed E-state index contributed by atoms with van der Waals surface area (Å²) in [4.78, 5) is 12.5. The summed E-state index contributed by atoms with van der Waals surface area (Å²) >= 11 is 5.30. The van der Waals surface area contributed by atoms with E-state index in [9.17, 15) is 4.79 Å². The van der Waals surface area contributed by atoms with Crippen LogP contribution in [0, 0.1) is 6.92 Å². The molecule has 28 heavy (non-hydrogen) atoms. The first-order chi connectivity index (χ1) is 13.5. The molecule has 3 aromatic carbocycles. The van der Waals surface area contributed by atoms with Gasteiger partial charge in [-0.1, -0.05) is 54.1 Å². The van der Waals surface area contributed by atoms with Crippen LogP contribution in [0.3, 0.4) is 0 Å². The van der Waals surface area contributed by atoms with Crippen LogP contribution in [0.4, 0.5) is 5.69 Å². The van der Waals surface area contributed by atoms with Crippen molar-refractivity contribution in [1.29, 1.82) is 0 Å². The van der Waals surface area contributed by atoms with Crippen LogP contribution in [-0.4, -0.2) is 11.1 Å². The molecule has 0 aliphatic rings. The number of carbonyl (C=O) groups excluding carboxylic acids is 1. The first-order valence-corrected chi connectivity index (χ1v) is 9.43. The number of hydrogen-bond donors (Lipinski definition) is 2. The fourth-order valence-electron chi connectivity index (χ4n) is 2.68. The lowest BCUT2D eigenvalue weighted by Gasteiger charge is -2.16. The zero-order chi connectivity index (χ0) is 19.9. The number of nitrogens with one attached hydrogen (secondary N) is 2. The molecule has 2 N–H and O–H groups in total. The van der Waals surface area contributed by atoms with Crippen molar-refractivity contribution in [2.24, 2.45) is 0 Å². The quantitative estimate of drug-likeness (QED) is 0.583. The summed E-state index contributed by atoms with van der Waals surface area (Å²) in [6, 6.07) is 24.6. The van der Waals surface area contributed by atoms with Crippen molar-refractivity contribution >= 4 is 29.0 Å². The van der Waals surface area contributed by atoms with E-state index in [0.29, 0.717) is 11.3 Å². The molecule has 0 spiro atoms. The van der Waals surface area contributed by atoms with E-state index in [0.717, 1.165) is 16.8 Å². The number of carbonyl (C=O) groups is 1. The summed E-state index contributed by atoms with van der Waals surface area (Å²) in [5.74, 6) is 0.306. The second-order valence-electron chi connectivity index (χ2n) is 6.51. The molecule has 5 heteroatoms. The lowest BCUT2D eigenvalue weighted by molar-refractivity contribution is 0.102. The van der Waals surface area contributed by atoms with E-state index in [2.05, 4.69) is 10.6 Å². The van der Waals surface area contributed by atoms with Gasteiger partial charge in [-0.3, -0.25) is 4.79 Å². The molecule has 1 atom stereocenters. The Morgan fingerprint density at radius 1 is 0.964 bits per heavy atom. The minimum Gasteiger partial charge on any atom is -0.432 e. The van der Waals surface area contributed by atoms with Gasteiger partial charge in [0.05, 0.1) is 6.04 Å². The van der Waals surface area contributed by atoms with Crippen molar-refractivity contribution in [2.75, 3.05) is 5.32 Å². The van der Waals surface area contributed by atoms with Gasteiger partial charge in [0, 0.05) is 11.3 Å². The molecule has 4 nitrogen and oxygen atoms in total. The van der Waals surface area contributed by atoms with Crippen LogP contribution in [0.1, 0.15) is 34.5 Å². The van der Waals surface area contributed by atoms with Gasteiger partial charge in [-0.05, 0) is 62.0 Å². The maximum atomic E-state index is 12.5. The number of ether oxygens (including phenoxy) is 1. The van der Waals surface area contributed by atoms with Crippen LogP contribution in [0.5, 0.6) is 5.75 Å². The minimum atomic E-state index is -0.203. The monoisotopic (exact) mass is 390 g/mol. The number of amides is 1. The molecule has 0 aliphatic carbocycles. The number of benzene rings is 3. The average molecular weight is 391 g/mol. The van der Waals surface area contributed by atoms with Gasteiger partial charge >= 0.3 is 0 Å². The Balaban J connectivity index is 1.61. The highest BCUT2D eigenvalue weighted by atomic mass is 32.1. The Morgan fingerprint density at radius 3 is 2.39 bits per heavy atom. The van der Waals surface area contributed by atoms with Gasteiger partial charge in [0.25, 0.3) is 11.1 Å². The molecular weight excluding hydrogens is 368 g/mol. The molecular formula is C23H22N2O2S. The Morgan fingerprint density at radius 2 is 1.68 bits per heavy atom. The zero-order valence-electron chi connectivity index (χ0n) is 15.8. The Labute approximate surface area is 170 Å². The smallest absolute Gasteiger partial charge is 0.262 e. The predicted octanol–water partition coefficient (Wildman–Crippen LogP) is 5.26. The minimum absolute atomic E-state index is 0.0155. The fourth-order valence-corrected chi connectivity index (χ4v) is 2.95. The van der Waals surface area contributed by atoms with Crippen LogP contribution in [0.25, 0.3) is 0 Å². The molecule has 3 rings (SSSR count). The second-order valence-corrected chi connectivity index (χ2v) is 6.89. The average Bonchev–Trinajstić information content (AvgIpc) is 2.70. The van der Waals surface area contributed by atoms with E-state index < -0.39 is 0 Å². The van der Waals surface area contributed by atoms with Crippen LogP contribution >= 0.6 is 12.2 Å². The van der Waals surface area contributed by atoms with Crippen molar-refractivity contribution < 1.29 is 9.53 Å². The van der Waals surface area contributed by atoms with Crippen LogP contribution in [0.15, 0.2) is 78.9 Å². The molecule has 0 saturated carbocycles. The maximum absolute atomic E-state index is 12.5. The van der Waals surface area contributed by atoms with Gasteiger partial charge in [-0.2, -0.15) is 0 Å². The van der Waals surface area contributed by atoms with E-state index in [1.54, 1.807) is 24.3 Å². The largest absolute Gasteiger partial charge is 0.432 e. The van der Waals surface area contributed by atoms with E-state index in [4.69, 9.17) is 17.0 Å². The number of thiocarbonyl (C=S) groups is 1. The summed E-state index contributed by atoms with van der Waals surface area (Å²) in [6.07, 6.45) is 0. The molecule has 1 amide bonds. The maximum Gasteiger partial charge on any atom is 0.262 e. The number of aryl methyl sites for hydroxylation is 1. The lowest BCUT2D eigenvalue weighted by Crippen LogP contribution is -2.29. The molecule has 3 aromatic rings. The molecule has 0 fully saturated rings. The number of anilines is 1.